The van der Waals surface area contributed by atoms with Gasteiger partial charge in [0.25, 0.3) is 0 Å². The van der Waals surface area contributed by atoms with Crippen molar-refractivity contribution in [3.8, 4) is 0 Å². The van der Waals surface area contributed by atoms with Gasteiger partial charge in [-0.3, -0.25) is 0 Å². The number of carbonyl (C=O) groups is 1. The quantitative estimate of drug-likeness (QED) is 0.536. The zero-order valence-corrected chi connectivity index (χ0v) is 10.1. The molecular formula is C11H20F3NO2. The lowest BCUT2D eigenvalue weighted by atomic mass is 10.1. The number of rotatable bonds is 8. The molecule has 17 heavy (non-hydrogen) atoms. The van der Waals surface area contributed by atoms with Gasteiger partial charge in [0.1, 0.15) is 0 Å². The summed E-state index contributed by atoms with van der Waals surface area (Å²) in [4.78, 5) is 10.3. The molecule has 0 aliphatic carbocycles. The van der Waals surface area contributed by atoms with E-state index >= 15 is 0 Å². The average molecular weight is 255 g/mol. The number of esters is 1. The number of nitrogens with two attached hydrogens (primary N) is 1. The summed E-state index contributed by atoms with van der Waals surface area (Å²) in [5.74, 6) is -2.11. The van der Waals surface area contributed by atoms with Crippen LogP contribution in [0.3, 0.4) is 0 Å². The van der Waals surface area contributed by atoms with Crippen LogP contribution in [0.5, 0.6) is 0 Å². The van der Waals surface area contributed by atoms with E-state index in [4.69, 9.17) is 5.73 Å². The van der Waals surface area contributed by atoms with Crippen LogP contribution in [0.2, 0.25) is 0 Å². The van der Waals surface area contributed by atoms with E-state index in [9.17, 15) is 18.0 Å². The molecule has 0 aliphatic heterocycles. The Morgan fingerprint density at radius 2 is 1.82 bits per heavy atom. The number of ether oxygens (including phenoxy) is 1. The lowest BCUT2D eigenvalue weighted by molar-refractivity contribution is -0.199. The van der Waals surface area contributed by atoms with Crippen molar-refractivity contribution in [2.75, 3.05) is 6.61 Å². The van der Waals surface area contributed by atoms with Crippen molar-refractivity contribution in [2.24, 2.45) is 5.73 Å². The Hall–Kier alpha value is -0.780. The fraction of sp³-hybridized carbons (Fsp3) is 0.909. The third kappa shape index (κ3) is 8.97. The lowest BCUT2D eigenvalue weighted by Gasteiger charge is -2.08. The molecule has 102 valence electrons. The monoisotopic (exact) mass is 255 g/mol. The molecule has 0 rings (SSSR count). The van der Waals surface area contributed by atoms with E-state index in [-0.39, 0.29) is 12.6 Å². The number of unbranched alkanes of at least 4 members (excludes halogenated alkanes) is 3. The van der Waals surface area contributed by atoms with Crippen molar-refractivity contribution in [1.82, 2.24) is 0 Å². The van der Waals surface area contributed by atoms with Crippen LogP contribution in [0.15, 0.2) is 0 Å². The summed E-state index contributed by atoms with van der Waals surface area (Å²) in [5.41, 5.74) is 5.71. The summed E-state index contributed by atoms with van der Waals surface area (Å²) in [6, 6.07) is 0.207. The van der Waals surface area contributed by atoms with Crippen molar-refractivity contribution in [1.29, 1.82) is 0 Å². The van der Waals surface area contributed by atoms with Crippen LogP contribution >= 0.6 is 0 Å². The molecule has 0 saturated carbocycles. The topological polar surface area (TPSA) is 52.3 Å². The first-order chi connectivity index (χ1) is 7.88. The lowest BCUT2D eigenvalue weighted by Crippen LogP contribution is -2.25. The molecule has 1 unspecified atom stereocenters. The predicted octanol–water partition coefficient (Wildman–Crippen LogP) is 2.78. The van der Waals surface area contributed by atoms with Gasteiger partial charge in [0.15, 0.2) is 0 Å². The van der Waals surface area contributed by atoms with Crippen LogP contribution in [0.1, 0.15) is 45.4 Å². The standard InChI is InChI=1S/C11H20F3NO2/c1-2-9(15)7-5-3-4-6-8-17-10(16)11(12,13)14/h9H,2-8,15H2,1H3. The molecule has 0 radical (unpaired) electrons. The van der Waals surface area contributed by atoms with Crippen LogP contribution in [0, 0.1) is 0 Å². The van der Waals surface area contributed by atoms with Crippen LogP contribution in [0.25, 0.3) is 0 Å². The van der Waals surface area contributed by atoms with Crippen LogP contribution in [-0.4, -0.2) is 24.8 Å². The van der Waals surface area contributed by atoms with Gasteiger partial charge >= 0.3 is 12.1 Å². The molecule has 1 atom stereocenters. The first kappa shape index (κ1) is 16.2. The minimum Gasteiger partial charge on any atom is -0.459 e. The van der Waals surface area contributed by atoms with E-state index in [2.05, 4.69) is 4.74 Å². The maximum Gasteiger partial charge on any atom is 0.490 e. The Morgan fingerprint density at radius 1 is 1.24 bits per heavy atom. The summed E-state index contributed by atoms with van der Waals surface area (Å²) >= 11 is 0. The first-order valence-corrected chi connectivity index (χ1v) is 5.87. The van der Waals surface area contributed by atoms with Crippen LogP contribution < -0.4 is 5.73 Å². The third-order valence-corrected chi connectivity index (χ3v) is 2.46. The highest BCUT2D eigenvalue weighted by molar-refractivity contribution is 5.75. The molecule has 0 saturated heterocycles. The van der Waals surface area contributed by atoms with Gasteiger partial charge in [0, 0.05) is 6.04 Å². The molecule has 0 aromatic carbocycles. The van der Waals surface area contributed by atoms with Crippen molar-refractivity contribution in [3.63, 3.8) is 0 Å². The Labute approximate surface area is 99.5 Å². The summed E-state index contributed by atoms with van der Waals surface area (Å²) in [6.07, 6.45) is 0.0557. The van der Waals surface area contributed by atoms with Gasteiger partial charge in [-0.05, 0) is 19.3 Å². The van der Waals surface area contributed by atoms with E-state index in [1.165, 1.54) is 0 Å². The van der Waals surface area contributed by atoms with Gasteiger partial charge in [-0.25, -0.2) is 4.79 Å². The molecule has 2 N–H and O–H groups in total. The van der Waals surface area contributed by atoms with Gasteiger partial charge in [0.2, 0.25) is 0 Å². The number of halogens is 3. The fourth-order valence-corrected chi connectivity index (χ4v) is 1.31. The average Bonchev–Trinajstić information content (AvgIpc) is 2.25. The summed E-state index contributed by atoms with van der Waals surface area (Å²) in [6.45, 7) is 1.85. The molecule has 0 bridgehead atoms. The Kier molecular flexibility index (Phi) is 7.95. The van der Waals surface area contributed by atoms with Crippen molar-refractivity contribution in [3.05, 3.63) is 0 Å². The second-order valence-corrected chi connectivity index (χ2v) is 4.00. The second kappa shape index (κ2) is 8.33. The molecule has 0 aromatic rings. The van der Waals surface area contributed by atoms with Crippen LogP contribution in [0.4, 0.5) is 13.2 Å². The van der Waals surface area contributed by atoms with E-state index in [1.54, 1.807) is 0 Å². The van der Waals surface area contributed by atoms with Crippen molar-refractivity contribution in [2.45, 2.75) is 57.7 Å². The smallest absolute Gasteiger partial charge is 0.459 e. The van der Waals surface area contributed by atoms with Crippen LogP contribution in [-0.2, 0) is 9.53 Å². The van der Waals surface area contributed by atoms with E-state index in [1.807, 2.05) is 6.92 Å². The second-order valence-electron chi connectivity index (χ2n) is 4.00. The minimum absolute atomic E-state index is 0.168. The number of carbonyl (C=O) groups excluding carboxylic acids is 1. The van der Waals surface area contributed by atoms with E-state index in [0.717, 1.165) is 32.1 Å². The molecule has 0 aliphatic rings. The van der Waals surface area contributed by atoms with Gasteiger partial charge in [-0.2, -0.15) is 13.2 Å². The van der Waals surface area contributed by atoms with Crippen molar-refractivity contribution < 1.29 is 22.7 Å². The van der Waals surface area contributed by atoms with Gasteiger partial charge in [-0.15, -0.1) is 0 Å². The maximum atomic E-state index is 11.7. The highest BCUT2D eigenvalue weighted by Crippen LogP contribution is 2.16. The fourth-order valence-electron chi connectivity index (χ4n) is 1.31. The summed E-state index contributed by atoms with van der Waals surface area (Å²) < 4.78 is 39.2. The molecule has 6 heteroatoms. The molecular weight excluding hydrogens is 235 g/mol. The molecule has 0 aromatic heterocycles. The van der Waals surface area contributed by atoms with E-state index in [0.29, 0.717) is 6.42 Å². The van der Waals surface area contributed by atoms with Crippen molar-refractivity contribution >= 4 is 5.97 Å². The largest absolute Gasteiger partial charge is 0.490 e. The van der Waals surface area contributed by atoms with Gasteiger partial charge in [0.05, 0.1) is 6.61 Å². The molecule has 3 nitrogen and oxygen atoms in total. The SMILES string of the molecule is CCC(N)CCCCCCOC(=O)C(F)(F)F. The maximum absolute atomic E-state index is 11.7. The van der Waals surface area contributed by atoms with Gasteiger partial charge in [-0.1, -0.05) is 26.2 Å². The summed E-state index contributed by atoms with van der Waals surface area (Å²) in [5, 5.41) is 0. The Bertz CT molecular complexity index is 219. The zero-order chi connectivity index (χ0) is 13.3. The third-order valence-electron chi connectivity index (χ3n) is 2.46. The Balaban J connectivity index is 3.33. The molecule has 0 spiro atoms. The first-order valence-electron chi connectivity index (χ1n) is 5.87. The minimum atomic E-state index is -4.88. The number of hydrogen-bond acceptors (Lipinski definition) is 3. The highest BCUT2D eigenvalue weighted by atomic mass is 19.4. The molecule has 0 amide bonds. The normalized spacial score (nSPS) is 13.5. The van der Waals surface area contributed by atoms with E-state index < -0.39 is 12.1 Å². The van der Waals surface area contributed by atoms with Gasteiger partial charge < -0.3 is 10.5 Å². The molecule has 0 fully saturated rings. The zero-order valence-electron chi connectivity index (χ0n) is 10.1. The summed E-state index contributed by atoms with van der Waals surface area (Å²) in [7, 11) is 0. The predicted molar refractivity (Wildman–Crippen MR) is 58.4 cm³/mol. The number of hydrogen-bond donors (Lipinski definition) is 1. The highest BCUT2D eigenvalue weighted by Gasteiger charge is 2.40. The molecule has 0 heterocycles. The number of alkyl halides is 3. The Morgan fingerprint density at radius 3 is 2.35 bits per heavy atom.